The van der Waals surface area contributed by atoms with E-state index in [1.54, 1.807) is 19.3 Å². The minimum Gasteiger partial charge on any atom is -0.454 e. The van der Waals surface area contributed by atoms with Crippen molar-refractivity contribution in [1.29, 1.82) is 0 Å². The zero-order valence-corrected chi connectivity index (χ0v) is 28.9. The number of aromatic amines is 1. The van der Waals surface area contributed by atoms with Crippen molar-refractivity contribution in [2.24, 2.45) is 12.5 Å². The van der Waals surface area contributed by atoms with Crippen LogP contribution in [0, 0.1) is 17.0 Å². The maximum absolute atomic E-state index is 15.7. The van der Waals surface area contributed by atoms with Gasteiger partial charge in [0.15, 0.2) is 33.1 Å². The highest BCUT2D eigenvalue weighted by Crippen LogP contribution is 2.41. The van der Waals surface area contributed by atoms with Crippen LogP contribution in [0.2, 0.25) is 0 Å². The van der Waals surface area contributed by atoms with Gasteiger partial charge in [-0.25, -0.2) is 26.9 Å². The van der Waals surface area contributed by atoms with Crippen molar-refractivity contribution < 1.29 is 32.1 Å². The van der Waals surface area contributed by atoms with E-state index in [9.17, 15) is 18.6 Å². The fourth-order valence-corrected chi connectivity index (χ4v) is 8.97. The van der Waals surface area contributed by atoms with Gasteiger partial charge in [0.1, 0.15) is 11.6 Å². The summed E-state index contributed by atoms with van der Waals surface area (Å²) in [5, 5.41) is 25.0. The average Bonchev–Trinajstić information content (AvgIpc) is 3.67. The summed E-state index contributed by atoms with van der Waals surface area (Å²) < 4.78 is 66.1. The Hall–Kier alpha value is -4.13. The van der Waals surface area contributed by atoms with E-state index in [0.717, 1.165) is 11.1 Å². The summed E-state index contributed by atoms with van der Waals surface area (Å²) in [6, 6.07) is 14.8. The summed E-state index contributed by atoms with van der Waals surface area (Å²) in [4.78, 5) is 7.89. The highest BCUT2D eigenvalue weighted by atomic mass is 32.2. The maximum Gasteiger partial charge on any atom is 0.168 e. The number of aliphatic hydroxyl groups is 2. The molecule has 2 aromatic heterocycles. The van der Waals surface area contributed by atoms with Crippen LogP contribution in [-0.4, -0.2) is 62.6 Å². The van der Waals surface area contributed by atoms with Gasteiger partial charge in [0.25, 0.3) is 0 Å². The molecule has 0 aliphatic carbocycles. The number of nitrogens with one attached hydrogen (secondary N) is 1. The number of hydrogen-bond donors (Lipinski definition) is 3. The van der Waals surface area contributed by atoms with Crippen LogP contribution >= 0.6 is 0 Å². The lowest BCUT2D eigenvalue weighted by Gasteiger charge is -2.31. The molecule has 3 aromatic carbocycles. The number of nitrogens with zero attached hydrogens (tertiary/aromatic N) is 3. The molecule has 0 saturated heterocycles. The molecule has 12 heteroatoms. The number of benzene rings is 3. The van der Waals surface area contributed by atoms with Crippen LogP contribution in [0.5, 0.6) is 11.5 Å². The number of hydrogen-bond acceptors (Lipinski definition) is 7. The monoisotopic (exact) mass is 692 g/mol. The van der Waals surface area contributed by atoms with Gasteiger partial charge in [0.2, 0.25) is 0 Å². The van der Waals surface area contributed by atoms with E-state index in [2.05, 4.69) is 4.98 Å². The first-order valence-electron chi connectivity index (χ1n) is 16.4. The zero-order chi connectivity index (χ0) is 35.1. The normalized spacial score (nSPS) is 20.2. The van der Waals surface area contributed by atoms with Gasteiger partial charge in [0, 0.05) is 42.2 Å². The minimum atomic E-state index is -3.59. The Bertz CT molecular complexity index is 2110. The summed E-state index contributed by atoms with van der Waals surface area (Å²) in [5.41, 5.74) is 1.36. The quantitative estimate of drug-likeness (QED) is 0.199. The molecule has 49 heavy (non-hydrogen) atoms. The van der Waals surface area contributed by atoms with Crippen LogP contribution < -0.4 is 4.74 Å². The number of halogens is 2. The molecule has 0 radical (unpaired) electrons. The first-order chi connectivity index (χ1) is 23.2. The highest BCUT2D eigenvalue weighted by Gasteiger charge is 2.36. The van der Waals surface area contributed by atoms with Crippen LogP contribution in [0.25, 0.3) is 22.3 Å². The van der Waals surface area contributed by atoms with Gasteiger partial charge in [-0.3, -0.25) is 0 Å². The van der Waals surface area contributed by atoms with E-state index in [0.29, 0.717) is 41.6 Å². The van der Waals surface area contributed by atoms with Gasteiger partial charge in [-0.1, -0.05) is 44.5 Å². The Balaban J connectivity index is 1.50. The number of aromatic nitrogens is 4. The Morgan fingerprint density at radius 1 is 1.06 bits per heavy atom. The number of rotatable bonds is 4. The van der Waals surface area contributed by atoms with Crippen LogP contribution in [-0.2, 0) is 35.1 Å². The molecule has 6 rings (SSSR count). The van der Waals surface area contributed by atoms with Gasteiger partial charge < -0.3 is 19.9 Å². The van der Waals surface area contributed by atoms with Gasteiger partial charge >= 0.3 is 0 Å². The second-order valence-electron chi connectivity index (χ2n) is 14.2. The SMILES string of the molecule is Cn1nc2nc1-c1cc(ccc1F)Oc1c(F)cc3[nH]ccc3c1CCS(=O)(=O)CC(C)(C)CCCC2(C)c1cccc(CC(O)CO)c1. The van der Waals surface area contributed by atoms with Crippen molar-refractivity contribution in [3.63, 3.8) is 0 Å². The van der Waals surface area contributed by atoms with Gasteiger partial charge in [-0.15, -0.1) is 0 Å². The second kappa shape index (κ2) is 13.3. The number of fused-ring (bicyclic) bond motifs is 8. The molecule has 2 atom stereocenters. The van der Waals surface area contributed by atoms with Crippen molar-refractivity contribution in [3.8, 4) is 22.9 Å². The summed E-state index contributed by atoms with van der Waals surface area (Å²) in [7, 11) is -1.90. The Labute approximate surface area is 284 Å². The topological polar surface area (TPSA) is 130 Å². The maximum atomic E-state index is 15.7. The van der Waals surface area contributed by atoms with E-state index < -0.39 is 38.4 Å². The predicted octanol–water partition coefficient (Wildman–Crippen LogP) is 6.40. The van der Waals surface area contributed by atoms with E-state index >= 15 is 8.78 Å². The molecular weight excluding hydrogens is 650 g/mol. The molecule has 1 aliphatic rings. The lowest BCUT2D eigenvalue weighted by Crippen LogP contribution is -2.29. The van der Waals surface area contributed by atoms with Crippen LogP contribution in [0.15, 0.2) is 60.8 Å². The Morgan fingerprint density at radius 3 is 2.63 bits per heavy atom. The molecule has 4 bridgehead atoms. The number of aliphatic hydroxyl groups excluding tert-OH is 2. The molecule has 2 unspecified atom stereocenters. The van der Waals surface area contributed by atoms with Crippen molar-refractivity contribution in [3.05, 3.63) is 94.9 Å². The third kappa shape index (κ3) is 7.27. The number of aryl methyl sites for hydroxylation is 2. The standard InChI is InChI=1S/C37H42F2N4O5S/c1-36(2)13-6-14-37(3,24-8-5-7-23(17-24)18-25(45)21-44)35-41-34(43(4)42-35)29-19-26(9-10-30(29)38)48-33-28(12-16-49(46,47)22-36)27-11-15-40-32(27)20-31(33)39/h5,7-11,15,17,19-20,25,40,44-45H,6,12-14,16,18,21-22H2,1-4H3. The van der Waals surface area contributed by atoms with Gasteiger partial charge in [0.05, 0.1) is 35.2 Å². The van der Waals surface area contributed by atoms with Crippen LogP contribution in [0.1, 0.15) is 62.5 Å². The van der Waals surface area contributed by atoms with E-state index in [1.165, 1.54) is 28.9 Å². The number of sulfone groups is 1. The minimum absolute atomic E-state index is 0.0277. The molecule has 3 heterocycles. The highest BCUT2D eigenvalue weighted by molar-refractivity contribution is 7.91. The number of ether oxygens (including phenoxy) is 1. The van der Waals surface area contributed by atoms with Crippen molar-refractivity contribution in [1.82, 2.24) is 19.7 Å². The Kier molecular flexibility index (Phi) is 9.42. The molecule has 1 aliphatic heterocycles. The lowest BCUT2D eigenvalue weighted by molar-refractivity contribution is 0.0955. The summed E-state index contributed by atoms with van der Waals surface area (Å²) in [5.74, 6) is -0.766. The third-order valence-corrected chi connectivity index (χ3v) is 11.6. The molecular formula is C37H42F2N4O5S. The molecule has 0 fully saturated rings. The molecule has 260 valence electrons. The first kappa shape index (κ1) is 34.7. The molecule has 0 spiro atoms. The van der Waals surface area contributed by atoms with Crippen molar-refractivity contribution >= 4 is 20.7 Å². The molecule has 0 saturated carbocycles. The van der Waals surface area contributed by atoms with Gasteiger partial charge in [-0.05, 0) is 67.0 Å². The molecule has 9 nitrogen and oxygen atoms in total. The molecule has 5 aromatic rings. The molecule has 0 amide bonds. The van der Waals surface area contributed by atoms with E-state index in [1.807, 2.05) is 45.0 Å². The summed E-state index contributed by atoms with van der Waals surface area (Å²) in [6.07, 6.45) is 2.79. The van der Waals surface area contributed by atoms with E-state index in [-0.39, 0.29) is 53.8 Å². The smallest absolute Gasteiger partial charge is 0.168 e. The summed E-state index contributed by atoms with van der Waals surface area (Å²) in [6.45, 7) is 5.51. The summed E-state index contributed by atoms with van der Waals surface area (Å²) >= 11 is 0. The fourth-order valence-electron chi connectivity index (χ4n) is 6.97. The third-order valence-electron chi connectivity index (χ3n) is 9.57. The largest absolute Gasteiger partial charge is 0.454 e. The van der Waals surface area contributed by atoms with Crippen molar-refractivity contribution in [2.75, 3.05) is 18.1 Å². The zero-order valence-electron chi connectivity index (χ0n) is 28.1. The van der Waals surface area contributed by atoms with Crippen molar-refractivity contribution in [2.45, 2.75) is 64.4 Å². The average molecular weight is 693 g/mol. The van der Waals surface area contributed by atoms with E-state index in [4.69, 9.17) is 14.8 Å². The fraction of sp³-hybridized carbons (Fsp3) is 0.405. The Morgan fingerprint density at radius 2 is 1.86 bits per heavy atom. The second-order valence-corrected chi connectivity index (χ2v) is 16.3. The molecule has 3 N–H and O–H groups in total. The lowest BCUT2D eigenvalue weighted by atomic mass is 9.75. The predicted molar refractivity (Wildman–Crippen MR) is 184 cm³/mol. The van der Waals surface area contributed by atoms with Crippen LogP contribution in [0.4, 0.5) is 8.78 Å². The number of H-pyrrole nitrogens is 1. The van der Waals surface area contributed by atoms with Crippen LogP contribution in [0.3, 0.4) is 0 Å². The first-order valence-corrected chi connectivity index (χ1v) is 18.3. The van der Waals surface area contributed by atoms with Gasteiger partial charge in [-0.2, -0.15) is 5.10 Å².